The molecule has 0 aliphatic carbocycles. The Morgan fingerprint density at radius 1 is 1.00 bits per heavy atom. The van der Waals surface area contributed by atoms with Crippen LogP contribution in [0.5, 0.6) is 0 Å². The second-order valence-electron chi connectivity index (χ2n) is 5.35. The Morgan fingerprint density at radius 2 is 1.56 bits per heavy atom. The van der Waals surface area contributed by atoms with Crippen LogP contribution in [-0.2, 0) is 8.85 Å². The summed E-state index contributed by atoms with van der Waals surface area (Å²) >= 11 is 0. The summed E-state index contributed by atoms with van der Waals surface area (Å²) in [6, 6.07) is 1.03. The Balaban J connectivity index is 4.21. The first-order valence-corrected chi connectivity index (χ1v) is 8.31. The monoisotopic (exact) mass is 247 g/mol. The molecule has 0 rings (SSSR count). The minimum absolute atomic E-state index is 0.0446. The molecule has 0 amide bonds. The zero-order valence-corrected chi connectivity index (χ0v) is 12.9. The van der Waals surface area contributed by atoms with Gasteiger partial charge in [0.25, 0.3) is 0 Å². The first kappa shape index (κ1) is 16.1. The van der Waals surface area contributed by atoms with Crippen LogP contribution in [0.4, 0.5) is 0 Å². The summed E-state index contributed by atoms with van der Waals surface area (Å²) < 4.78 is 11.3. The average Bonchev–Trinajstić information content (AvgIpc) is 2.21. The summed E-state index contributed by atoms with van der Waals surface area (Å²) in [6.07, 6.45) is 5.02. The Hall–Kier alpha value is 0.0969. The normalized spacial score (nSPS) is 13.1. The summed E-state index contributed by atoms with van der Waals surface area (Å²) in [4.78, 5) is 3.54. The SMILES string of the molecule is CCCCCC[Si](NC(C)(C)C)(OC)OC. The Kier molecular flexibility index (Phi) is 7.47. The zero-order chi connectivity index (χ0) is 12.7. The summed E-state index contributed by atoms with van der Waals surface area (Å²) in [5.74, 6) is 0. The molecule has 0 aromatic heterocycles. The predicted molar refractivity (Wildman–Crippen MR) is 71.6 cm³/mol. The van der Waals surface area contributed by atoms with Crippen molar-refractivity contribution in [1.82, 2.24) is 4.98 Å². The molecular weight excluding hydrogens is 218 g/mol. The lowest BCUT2D eigenvalue weighted by atomic mass is 10.1. The third-order valence-electron chi connectivity index (χ3n) is 2.58. The quantitative estimate of drug-likeness (QED) is 0.528. The summed E-state index contributed by atoms with van der Waals surface area (Å²) in [5.41, 5.74) is 0.0446. The van der Waals surface area contributed by atoms with Gasteiger partial charge in [-0.3, -0.25) is 4.98 Å². The lowest BCUT2D eigenvalue weighted by Gasteiger charge is -2.34. The number of hydrogen-bond acceptors (Lipinski definition) is 3. The van der Waals surface area contributed by atoms with Crippen molar-refractivity contribution < 1.29 is 8.85 Å². The van der Waals surface area contributed by atoms with Crippen LogP contribution in [0.3, 0.4) is 0 Å². The van der Waals surface area contributed by atoms with Gasteiger partial charge in [0.05, 0.1) is 0 Å². The van der Waals surface area contributed by atoms with Crippen LogP contribution in [0, 0.1) is 0 Å². The standard InChI is InChI=1S/C12H29NO2Si/c1-7-8-9-10-11-16(14-5,15-6)13-12(2,3)4/h13H,7-11H2,1-6H3. The van der Waals surface area contributed by atoms with Gasteiger partial charge in [0.1, 0.15) is 0 Å². The molecule has 0 fully saturated rings. The molecule has 0 aliphatic rings. The second kappa shape index (κ2) is 7.43. The molecule has 0 saturated heterocycles. The van der Waals surface area contributed by atoms with E-state index in [1.54, 1.807) is 14.2 Å². The molecule has 0 bridgehead atoms. The summed E-state index contributed by atoms with van der Waals surface area (Å²) in [7, 11) is 1.34. The van der Waals surface area contributed by atoms with Gasteiger partial charge in [0.15, 0.2) is 0 Å². The van der Waals surface area contributed by atoms with E-state index in [4.69, 9.17) is 8.85 Å². The van der Waals surface area contributed by atoms with Crippen molar-refractivity contribution in [1.29, 1.82) is 0 Å². The molecule has 16 heavy (non-hydrogen) atoms. The van der Waals surface area contributed by atoms with Gasteiger partial charge < -0.3 is 8.85 Å². The van der Waals surface area contributed by atoms with Crippen molar-refractivity contribution in [3.05, 3.63) is 0 Å². The van der Waals surface area contributed by atoms with Crippen molar-refractivity contribution in [2.75, 3.05) is 14.2 Å². The van der Waals surface area contributed by atoms with Crippen LogP contribution in [0.15, 0.2) is 0 Å². The van der Waals surface area contributed by atoms with E-state index in [1.165, 1.54) is 25.7 Å². The number of nitrogens with one attached hydrogen (secondary N) is 1. The van der Waals surface area contributed by atoms with Gasteiger partial charge in [-0.1, -0.05) is 26.2 Å². The van der Waals surface area contributed by atoms with Gasteiger partial charge in [-0.15, -0.1) is 0 Å². The molecule has 1 N–H and O–H groups in total. The van der Waals surface area contributed by atoms with Crippen LogP contribution in [0.2, 0.25) is 6.04 Å². The predicted octanol–water partition coefficient (Wildman–Crippen LogP) is 3.19. The zero-order valence-electron chi connectivity index (χ0n) is 11.9. The highest BCUT2D eigenvalue weighted by molar-refractivity contribution is 6.64. The van der Waals surface area contributed by atoms with Crippen molar-refractivity contribution in [3.8, 4) is 0 Å². The van der Waals surface area contributed by atoms with Gasteiger partial charge in [0.2, 0.25) is 0 Å². The van der Waals surface area contributed by atoms with Crippen LogP contribution < -0.4 is 4.98 Å². The fraction of sp³-hybridized carbons (Fsp3) is 1.00. The van der Waals surface area contributed by atoms with Gasteiger partial charge in [-0.2, -0.15) is 0 Å². The molecule has 0 heterocycles. The highest BCUT2D eigenvalue weighted by atomic mass is 28.4. The van der Waals surface area contributed by atoms with E-state index in [0.717, 1.165) is 6.04 Å². The van der Waals surface area contributed by atoms with Gasteiger partial charge >= 0.3 is 8.72 Å². The van der Waals surface area contributed by atoms with E-state index >= 15 is 0 Å². The maximum absolute atomic E-state index is 5.65. The molecule has 0 saturated carbocycles. The highest BCUT2D eigenvalue weighted by Gasteiger charge is 2.39. The van der Waals surface area contributed by atoms with E-state index in [0.29, 0.717) is 0 Å². The van der Waals surface area contributed by atoms with Crippen LogP contribution >= 0.6 is 0 Å². The molecule has 98 valence electrons. The molecule has 0 spiro atoms. The van der Waals surface area contributed by atoms with Gasteiger partial charge in [-0.05, 0) is 27.2 Å². The smallest absolute Gasteiger partial charge is 0.386 e. The number of hydrogen-bond donors (Lipinski definition) is 1. The van der Waals surface area contributed by atoms with Crippen LogP contribution in [-0.4, -0.2) is 28.5 Å². The summed E-state index contributed by atoms with van der Waals surface area (Å²) in [5, 5.41) is 0. The second-order valence-corrected chi connectivity index (χ2v) is 8.42. The maximum atomic E-state index is 5.65. The Labute approximate surface area is 102 Å². The maximum Gasteiger partial charge on any atom is 0.424 e. The fourth-order valence-electron chi connectivity index (χ4n) is 1.81. The molecule has 0 aliphatic heterocycles. The minimum atomic E-state index is -2.18. The van der Waals surface area contributed by atoms with Gasteiger partial charge in [-0.25, -0.2) is 0 Å². The largest absolute Gasteiger partial charge is 0.424 e. The Morgan fingerprint density at radius 3 is 1.94 bits per heavy atom. The topological polar surface area (TPSA) is 30.5 Å². The Bertz CT molecular complexity index is 176. The molecule has 3 nitrogen and oxygen atoms in total. The van der Waals surface area contributed by atoms with E-state index < -0.39 is 8.72 Å². The fourth-order valence-corrected chi connectivity index (χ4v) is 4.57. The van der Waals surface area contributed by atoms with Crippen LogP contribution in [0.1, 0.15) is 53.4 Å². The first-order chi connectivity index (χ1) is 7.39. The lowest BCUT2D eigenvalue weighted by Crippen LogP contribution is -2.61. The number of rotatable bonds is 8. The van der Waals surface area contributed by atoms with Crippen molar-refractivity contribution in [2.24, 2.45) is 0 Å². The molecule has 0 aromatic carbocycles. The third kappa shape index (κ3) is 6.63. The molecule has 0 unspecified atom stereocenters. The molecule has 0 radical (unpaired) electrons. The van der Waals surface area contributed by atoms with Crippen LogP contribution in [0.25, 0.3) is 0 Å². The van der Waals surface area contributed by atoms with Crippen molar-refractivity contribution >= 4 is 8.72 Å². The van der Waals surface area contributed by atoms with Crippen molar-refractivity contribution in [2.45, 2.75) is 65.0 Å². The highest BCUT2D eigenvalue weighted by Crippen LogP contribution is 2.18. The molecule has 4 heteroatoms. The minimum Gasteiger partial charge on any atom is -0.386 e. The van der Waals surface area contributed by atoms with E-state index in [2.05, 4.69) is 32.7 Å². The van der Waals surface area contributed by atoms with Crippen molar-refractivity contribution in [3.63, 3.8) is 0 Å². The lowest BCUT2D eigenvalue weighted by molar-refractivity contribution is 0.210. The van der Waals surface area contributed by atoms with E-state index in [1.807, 2.05) is 0 Å². The first-order valence-electron chi connectivity index (χ1n) is 6.29. The molecule has 0 atom stereocenters. The van der Waals surface area contributed by atoms with Gasteiger partial charge in [0, 0.05) is 25.8 Å². The third-order valence-corrected chi connectivity index (χ3v) is 6.05. The number of unbranched alkanes of at least 4 members (excludes halogenated alkanes) is 3. The summed E-state index contributed by atoms with van der Waals surface area (Å²) in [6.45, 7) is 8.68. The molecule has 0 aromatic rings. The van der Waals surface area contributed by atoms with E-state index in [9.17, 15) is 0 Å². The molecular formula is C12H29NO2Si. The van der Waals surface area contributed by atoms with E-state index in [-0.39, 0.29) is 5.54 Å². The average molecular weight is 247 g/mol.